The molecule has 0 bridgehead atoms. The van der Waals surface area contributed by atoms with Crippen LogP contribution in [0.1, 0.15) is 37.7 Å². The maximum atomic E-state index is 16.7. The molecule has 3 aromatic rings. The number of hydrogen-bond acceptors (Lipinski definition) is 7. The quantitative estimate of drug-likeness (QED) is 0.175. The summed E-state index contributed by atoms with van der Waals surface area (Å²) in [4.78, 5) is 30.4. The number of carbonyl (C=O) groups is 2. The second kappa shape index (κ2) is 15.6. The van der Waals surface area contributed by atoms with Gasteiger partial charge in [-0.1, -0.05) is 67.3 Å². The van der Waals surface area contributed by atoms with Gasteiger partial charge < -0.3 is 19.8 Å². The molecule has 1 saturated heterocycles. The zero-order valence-electron chi connectivity index (χ0n) is 26.7. The van der Waals surface area contributed by atoms with Crippen LogP contribution >= 0.6 is 11.6 Å². The van der Waals surface area contributed by atoms with Crippen LogP contribution in [-0.4, -0.2) is 74.7 Å². The Morgan fingerprint density at radius 3 is 1.98 bits per heavy atom. The third-order valence-electron chi connectivity index (χ3n) is 8.64. The van der Waals surface area contributed by atoms with Crippen LogP contribution in [0.15, 0.2) is 77.7 Å². The standard InChI is InChI=1S/C34H35ClF5N3O6S/c35-27-12-8-25(9-13-27)24-6-10-26(11-7-24)33(36,37)30(31(44)42-20-18-41-19-21-42)43(49-32(45)34(38,39)40)50(46,47)29-16-14-28(15-17-29)48-22-23-4-2-1-3-5-23/h6-17,23,30,41H,1-5,18-22H2/t30-/m0/s1. The molecule has 1 N–H and O–H groups in total. The number of benzene rings is 3. The molecule has 0 radical (unpaired) electrons. The number of carbonyl (C=O) groups excluding carboxylic acids is 2. The van der Waals surface area contributed by atoms with E-state index < -0.39 is 55.0 Å². The van der Waals surface area contributed by atoms with E-state index in [1.54, 1.807) is 24.3 Å². The Bertz CT molecular complexity index is 1730. The predicted molar refractivity (Wildman–Crippen MR) is 174 cm³/mol. The SMILES string of the molecule is O=C([C@H](N(OC(=O)C(F)(F)F)S(=O)(=O)c1ccc(OCC2CCCCC2)cc1)C(F)(F)c1ccc(-c2ccc(Cl)cc2)cc1)N1CCNCC1. The fraction of sp³-hybridized carbons (Fsp3) is 0.412. The molecule has 5 rings (SSSR count). The third kappa shape index (κ3) is 8.74. The van der Waals surface area contributed by atoms with Crippen molar-refractivity contribution in [3.8, 4) is 16.9 Å². The lowest BCUT2D eigenvalue weighted by atomic mass is 9.90. The van der Waals surface area contributed by atoms with Crippen molar-refractivity contribution < 1.29 is 49.5 Å². The van der Waals surface area contributed by atoms with Crippen LogP contribution < -0.4 is 10.1 Å². The van der Waals surface area contributed by atoms with Crippen molar-refractivity contribution in [2.24, 2.45) is 5.92 Å². The highest BCUT2D eigenvalue weighted by Gasteiger charge is 2.58. The zero-order valence-corrected chi connectivity index (χ0v) is 28.2. The second-order valence-corrected chi connectivity index (χ2v) is 14.3. The lowest BCUT2D eigenvalue weighted by Gasteiger charge is -2.37. The number of amides is 1. The van der Waals surface area contributed by atoms with Crippen LogP contribution in [0.2, 0.25) is 5.02 Å². The summed E-state index contributed by atoms with van der Waals surface area (Å²) in [5.74, 6) is -8.68. The number of sulfonamides is 1. The average molecular weight is 744 g/mol. The maximum absolute atomic E-state index is 16.7. The van der Waals surface area contributed by atoms with E-state index in [2.05, 4.69) is 10.2 Å². The largest absolute Gasteiger partial charge is 0.493 e. The molecule has 1 aliphatic heterocycles. The summed E-state index contributed by atoms with van der Waals surface area (Å²) in [5.41, 5.74) is 0.121. The Kier molecular flexibility index (Phi) is 11.7. The predicted octanol–water partition coefficient (Wildman–Crippen LogP) is 6.57. The first-order valence-electron chi connectivity index (χ1n) is 16.0. The first kappa shape index (κ1) is 37.5. The number of halogens is 6. The lowest BCUT2D eigenvalue weighted by molar-refractivity contribution is -0.239. The van der Waals surface area contributed by atoms with Gasteiger partial charge in [0.2, 0.25) is 6.04 Å². The molecule has 2 fully saturated rings. The van der Waals surface area contributed by atoms with Gasteiger partial charge in [0, 0.05) is 36.8 Å². The fourth-order valence-electron chi connectivity index (χ4n) is 5.87. The molecule has 1 aliphatic carbocycles. The van der Waals surface area contributed by atoms with Gasteiger partial charge in [-0.2, -0.15) is 22.0 Å². The van der Waals surface area contributed by atoms with Crippen molar-refractivity contribution in [1.82, 2.24) is 14.7 Å². The van der Waals surface area contributed by atoms with Crippen LogP contribution in [0.4, 0.5) is 22.0 Å². The Morgan fingerprint density at radius 1 is 0.860 bits per heavy atom. The zero-order chi connectivity index (χ0) is 36.1. The Balaban J connectivity index is 1.54. The molecule has 3 aromatic carbocycles. The van der Waals surface area contributed by atoms with Gasteiger partial charge in [-0.15, -0.1) is 0 Å². The van der Waals surface area contributed by atoms with Gasteiger partial charge >= 0.3 is 18.1 Å². The van der Waals surface area contributed by atoms with Gasteiger partial charge in [0.05, 0.1) is 11.5 Å². The minimum atomic E-state index is -5.80. The van der Waals surface area contributed by atoms with E-state index in [0.29, 0.717) is 28.7 Å². The minimum Gasteiger partial charge on any atom is -0.493 e. The monoisotopic (exact) mass is 743 g/mol. The summed E-state index contributed by atoms with van der Waals surface area (Å²) in [6, 6.07) is 11.8. The Hall–Kier alpha value is -3.79. The smallest absolute Gasteiger partial charge is 0.492 e. The highest BCUT2D eigenvalue weighted by molar-refractivity contribution is 7.89. The number of nitrogens with one attached hydrogen (secondary N) is 1. The summed E-state index contributed by atoms with van der Waals surface area (Å²) >= 11 is 5.93. The van der Waals surface area contributed by atoms with Crippen molar-refractivity contribution in [2.75, 3.05) is 32.8 Å². The highest BCUT2D eigenvalue weighted by atomic mass is 35.5. The van der Waals surface area contributed by atoms with E-state index in [4.69, 9.17) is 16.3 Å². The molecule has 2 aliphatic rings. The first-order chi connectivity index (χ1) is 23.7. The Labute approximate surface area is 291 Å². The van der Waals surface area contributed by atoms with Crippen molar-refractivity contribution in [3.63, 3.8) is 0 Å². The number of piperazine rings is 1. The number of rotatable bonds is 11. The number of ether oxygens (including phenoxy) is 1. The van der Waals surface area contributed by atoms with Gasteiger partial charge in [-0.3, -0.25) is 4.79 Å². The summed E-state index contributed by atoms with van der Waals surface area (Å²) in [5, 5.41) is 3.34. The molecular weight excluding hydrogens is 709 g/mol. The highest BCUT2D eigenvalue weighted by Crippen LogP contribution is 2.40. The molecule has 1 amide bonds. The lowest BCUT2D eigenvalue weighted by Crippen LogP contribution is -2.61. The molecule has 0 spiro atoms. The van der Waals surface area contributed by atoms with E-state index in [1.165, 1.54) is 24.3 Å². The normalized spacial score (nSPS) is 17.0. The molecule has 0 aromatic heterocycles. The number of alkyl halides is 5. The molecule has 9 nitrogen and oxygen atoms in total. The van der Waals surface area contributed by atoms with E-state index in [9.17, 15) is 31.2 Å². The van der Waals surface area contributed by atoms with E-state index in [1.807, 2.05) is 0 Å². The third-order valence-corrected chi connectivity index (χ3v) is 10.5. The summed E-state index contributed by atoms with van der Waals surface area (Å²) in [6.07, 6.45) is -0.627. The van der Waals surface area contributed by atoms with Crippen molar-refractivity contribution in [1.29, 1.82) is 0 Å². The minimum absolute atomic E-state index is 0.136. The molecule has 1 atom stereocenters. The van der Waals surface area contributed by atoms with Gasteiger partial charge in [-0.05, 0) is 70.8 Å². The molecule has 50 heavy (non-hydrogen) atoms. The fourth-order valence-corrected chi connectivity index (χ4v) is 7.35. The van der Waals surface area contributed by atoms with Crippen molar-refractivity contribution in [3.05, 3.63) is 83.4 Å². The maximum Gasteiger partial charge on any atom is 0.492 e. The molecule has 1 saturated carbocycles. The molecule has 270 valence electrons. The van der Waals surface area contributed by atoms with E-state index in [0.717, 1.165) is 61.3 Å². The van der Waals surface area contributed by atoms with Crippen LogP contribution in [0.5, 0.6) is 5.75 Å². The average Bonchev–Trinajstić information content (AvgIpc) is 3.11. The molecular formula is C34H35ClF5N3O6S. The molecule has 16 heteroatoms. The van der Waals surface area contributed by atoms with Gasteiger partial charge in [-0.25, -0.2) is 13.2 Å². The van der Waals surface area contributed by atoms with Gasteiger partial charge in [0.15, 0.2) is 0 Å². The van der Waals surface area contributed by atoms with Crippen molar-refractivity contribution in [2.45, 2.75) is 55.1 Å². The summed E-state index contributed by atoms with van der Waals surface area (Å²) < 4.78 is 107. The number of hydrogen-bond donors (Lipinski definition) is 1. The van der Waals surface area contributed by atoms with Gasteiger partial charge in [0.1, 0.15) is 5.75 Å². The number of hydroxylamine groups is 1. The van der Waals surface area contributed by atoms with Crippen LogP contribution in [0.3, 0.4) is 0 Å². The van der Waals surface area contributed by atoms with E-state index in [-0.39, 0.29) is 31.9 Å². The van der Waals surface area contributed by atoms with Gasteiger partial charge in [0.25, 0.3) is 15.9 Å². The van der Waals surface area contributed by atoms with Crippen LogP contribution in [0, 0.1) is 5.92 Å². The topological polar surface area (TPSA) is 105 Å². The number of nitrogens with zero attached hydrogens (tertiary/aromatic N) is 2. The Morgan fingerprint density at radius 2 is 1.42 bits per heavy atom. The van der Waals surface area contributed by atoms with Crippen molar-refractivity contribution >= 4 is 33.5 Å². The molecule has 0 unspecified atom stereocenters. The second-order valence-electron chi connectivity index (χ2n) is 12.1. The first-order valence-corrected chi connectivity index (χ1v) is 17.8. The summed E-state index contributed by atoms with van der Waals surface area (Å²) in [6.45, 7) is 0.282. The van der Waals surface area contributed by atoms with Crippen LogP contribution in [-0.2, 0) is 30.4 Å². The summed E-state index contributed by atoms with van der Waals surface area (Å²) in [7, 11) is -5.56. The van der Waals surface area contributed by atoms with Crippen LogP contribution in [0.25, 0.3) is 11.1 Å². The van der Waals surface area contributed by atoms with E-state index >= 15 is 8.78 Å². The molecule has 1 heterocycles.